The Morgan fingerprint density at radius 2 is 1.72 bits per heavy atom. The van der Waals surface area contributed by atoms with Crippen molar-refractivity contribution in [2.45, 2.75) is 12.8 Å². The highest BCUT2D eigenvalue weighted by molar-refractivity contribution is 6.33. The van der Waals surface area contributed by atoms with E-state index in [2.05, 4.69) is 5.32 Å². The largest absolute Gasteiger partial charge is 0.493 e. The average Bonchev–Trinajstić information content (AvgIpc) is 2.61. The third kappa shape index (κ3) is 4.76. The van der Waals surface area contributed by atoms with Crippen LogP contribution in [0, 0.1) is 5.82 Å². The van der Waals surface area contributed by atoms with E-state index < -0.39 is 5.82 Å². The van der Waals surface area contributed by atoms with E-state index in [-0.39, 0.29) is 17.4 Å². The summed E-state index contributed by atoms with van der Waals surface area (Å²) in [6.07, 6.45) is 0.674. The van der Waals surface area contributed by atoms with Gasteiger partial charge in [-0.15, -0.1) is 0 Å². The molecule has 5 nitrogen and oxygen atoms in total. The van der Waals surface area contributed by atoms with Gasteiger partial charge < -0.3 is 19.5 Å². The summed E-state index contributed by atoms with van der Waals surface area (Å²) in [6, 6.07) is 7.39. The second-order valence-electron chi connectivity index (χ2n) is 5.21. The van der Waals surface area contributed by atoms with E-state index in [9.17, 15) is 9.18 Å². The predicted molar refractivity (Wildman–Crippen MR) is 94.5 cm³/mol. The number of rotatable bonds is 7. The fourth-order valence-electron chi connectivity index (χ4n) is 2.34. The van der Waals surface area contributed by atoms with Crippen molar-refractivity contribution in [3.8, 4) is 17.2 Å². The molecule has 25 heavy (non-hydrogen) atoms. The van der Waals surface area contributed by atoms with Crippen LogP contribution in [0.15, 0.2) is 30.3 Å². The summed E-state index contributed by atoms with van der Waals surface area (Å²) in [7, 11) is 4.59. The normalized spacial score (nSPS) is 10.3. The number of carbonyl (C=O) groups excluding carboxylic acids is 1. The van der Waals surface area contributed by atoms with Crippen molar-refractivity contribution < 1.29 is 23.4 Å². The van der Waals surface area contributed by atoms with E-state index in [1.165, 1.54) is 33.5 Å². The summed E-state index contributed by atoms with van der Waals surface area (Å²) >= 11 is 5.90. The molecule has 0 radical (unpaired) electrons. The van der Waals surface area contributed by atoms with Crippen molar-refractivity contribution in [1.29, 1.82) is 0 Å². The molecule has 0 bridgehead atoms. The number of halogens is 2. The first-order chi connectivity index (χ1) is 12.0. The minimum absolute atomic E-state index is 0.154. The number of nitrogens with one attached hydrogen (secondary N) is 1. The molecule has 0 unspecified atom stereocenters. The van der Waals surface area contributed by atoms with E-state index in [1.54, 1.807) is 12.1 Å². The quantitative estimate of drug-likeness (QED) is 0.801. The number of ether oxygens (including phenoxy) is 3. The Morgan fingerprint density at radius 1 is 1.08 bits per heavy atom. The van der Waals surface area contributed by atoms with Crippen LogP contribution in [-0.4, -0.2) is 27.2 Å². The fraction of sp³-hybridized carbons (Fsp3) is 0.278. The molecule has 134 valence electrons. The third-order valence-electron chi connectivity index (χ3n) is 3.57. The van der Waals surface area contributed by atoms with Crippen LogP contribution < -0.4 is 19.5 Å². The molecule has 0 aromatic heterocycles. The highest BCUT2D eigenvalue weighted by Crippen LogP contribution is 2.38. The van der Waals surface area contributed by atoms with Crippen molar-refractivity contribution in [3.63, 3.8) is 0 Å². The summed E-state index contributed by atoms with van der Waals surface area (Å²) < 4.78 is 28.9. The van der Waals surface area contributed by atoms with Gasteiger partial charge in [-0.05, 0) is 42.3 Å². The molecular weight excluding hydrogens is 349 g/mol. The Bertz CT molecular complexity index is 742. The standard InChI is InChI=1S/C18H19ClFNO4/c1-23-15-8-11(9-16(24-2)18(15)25-3)4-7-17(22)21-14-6-5-12(20)10-13(14)19/h5-6,8-10H,4,7H2,1-3H3,(H,21,22). The van der Waals surface area contributed by atoms with Crippen LogP contribution in [0.25, 0.3) is 0 Å². The summed E-state index contributed by atoms with van der Waals surface area (Å²) in [5, 5.41) is 2.82. The molecule has 7 heteroatoms. The lowest BCUT2D eigenvalue weighted by Gasteiger charge is -2.14. The molecule has 2 aromatic rings. The zero-order chi connectivity index (χ0) is 18.4. The van der Waals surface area contributed by atoms with Crippen molar-refractivity contribution in [2.24, 2.45) is 0 Å². The predicted octanol–water partition coefficient (Wildman–Crippen LogP) is 4.08. The van der Waals surface area contributed by atoms with Crippen LogP contribution >= 0.6 is 11.6 Å². The molecule has 1 N–H and O–H groups in total. The number of anilines is 1. The molecule has 0 spiro atoms. The summed E-state index contributed by atoms with van der Waals surface area (Å²) in [5.41, 5.74) is 1.23. The van der Waals surface area contributed by atoms with Gasteiger partial charge >= 0.3 is 0 Å². The van der Waals surface area contributed by atoms with Crippen molar-refractivity contribution in [1.82, 2.24) is 0 Å². The Balaban J connectivity index is 2.06. The first-order valence-corrected chi connectivity index (χ1v) is 7.90. The minimum Gasteiger partial charge on any atom is -0.493 e. The second-order valence-corrected chi connectivity index (χ2v) is 5.61. The molecule has 0 aliphatic rings. The van der Waals surface area contributed by atoms with Gasteiger partial charge in [0.2, 0.25) is 11.7 Å². The number of benzene rings is 2. The van der Waals surface area contributed by atoms with Crippen molar-refractivity contribution >= 4 is 23.2 Å². The lowest BCUT2D eigenvalue weighted by Crippen LogP contribution is -2.12. The number of hydrogen-bond acceptors (Lipinski definition) is 4. The van der Waals surface area contributed by atoms with Gasteiger partial charge in [0.05, 0.1) is 32.0 Å². The SMILES string of the molecule is COc1cc(CCC(=O)Nc2ccc(F)cc2Cl)cc(OC)c1OC. The van der Waals surface area contributed by atoms with E-state index in [1.807, 2.05) is 0 Å². The number of methoxy groups -OCH3 is 3. The molecular formula is C18H19ClFNO4. The summed E-state index contributed by atoms with van der Waals surface area (Å²) in [4.78, 5) is 12.1. The van der Waals surface area contributed by atoms with Gasteiger partial charge in [-0.25, -0.2) is 4.39 Å². The topological polar surface area (TPSA) is 56.8 Å². The van der Waals surface area contributed by atoms with Gasteiger partial charge in [-0.2, -0.15) is 0 Å². The van der Waals surface area contributed by atoms with Crippen LogP contribution in [0.1, 0.15) is 12.0 Å². The molecule has 0 aliphatic heterocycles. The zero-order valence-corrected chi connectivity index (χ0v) is 14.9. The smallest absolute Gasteiger partial charge is 0.224 e. The molecule has 1 amide bonds. The van der Waals surface area contributed by atoms with Crippen LogP contribution in [0.3, 0.4) is 0 Å². The molecule has 0 atom stereocenters. The van der Waals surface area contributed by atoms with E-state index in [4.69, 9.17) is 25.8 Å². The molecule has 2 aromatic carbocycles. The number of hydrogen-bond donors (Lipinski definition) is 1. The molecule has 0 aliphatic carbocycles. The first-order valence-electron chi connectivity index (χ1n) is 7.52. The van der Waals surface area contributed by atoms with Crippen molar-refractivity contribution in [3.05, 3.63) is 46.7 Å². The van der Waals surface area contributed by atoms with E-state index in [0.717, 1.165) is 11.6 Å². The van der Waals surface area contributed by atoms with Crippen molar-refractivity contribution in [2.75, 3.05) is 26.6 Å². The first kappa shape index (κ1) is 18.9. The molecule has 2 rings (SSSR count). The maximum Gasteiger partial charge on any atom is 0.224 e. The van der Waals surface area contributed by atoms with Crippen LogP contribution in [0.5, 0.6) is 17.2 Å². The Hall–Kier alpha value is -2.47. The monoisotopic (exact) mass is 367 g/mol. The fourth-order valence-corrected chi connectivity index (χ4v) is 2.56. The Morgan fingerprint density at radius 3 is 2.24 bits per heavy atom. The van der Waals surface area contributed by atoms with E-state index in [0.29, 0.717) is 29.4 Å². The highest BCUT2D eigenvalue weighted by Gasteiger charge is 2.14. The maximum absolute atomic E-state index is 13.0. The Kier molecular flexibility index (Phi) is 6.47. The van der Waals surface area contributed by atoms with Gasteiger partial charge in [0.25, 0.3) is 0 Å². The number of carbonyl (C=O) groups is 1. The van der Waals surface area contributed by atoms with Crippen LogP contribution in [0.4, 0.5) is 10.1 Å². The molecule has 0 saturated heterocycles. The molecule has 0 heterocycles. The summed E-state index contributed by atoms with van der Waals surface area (Å²) in [5.74, 6) is 0.858. The summed E-state index contributed by atoms with van der Waals surface area (Å²) in [6.45, 7) is 0. The molecule has 0 fully saturated rings. The number of amides is 1. The zero-order valence-electron chi connectivity index (χ0n) is 14.2. The number of aryl methyl sites for hydroxylation is 1. The molecule has 0 saturated carbocycles. The van der Waals surface area contributed by atoms with E-state index >= 15 is 0 Å². The van der Waals surface area contributed by atoms with Gasteiger partial charge in [0.15, 0.2) is 11.5 Å². The maximum atomic E-state index is 13.0. The lowest BCUT2D eigenvalue weighted by atomic mass is 10.1. The van der Waals surface area contributed by atoms with Gasteiger partial charge in [-0.1, -0.05) is 11.6 Å². The van der Waals surface area contributed by atoms with Crippen LogP contribution in [-0.2, 0) is 11.2 Å². The lowest BCUT2D eigenvalue weighted by molar-refractivity contribution is -0.116. The van der Waals surface area contributed by atoms with Gasteiger partial charge in [0, 0.05) is 6.42 Å². The van der Waals surface area contributed by atoms with Gasteiger partial charge in [-0.3, -0.25) is 4.79 Å². The third-order valence-corrected chi connectivity index (χ3v) is 3.88. The average molecular weight is 368 g/mol. The highest BCUT2D eigenvalue weighted by atomic mass is 35.5. The van der Waals surface area contributed by atoms with Crippen LogP contribution in [0.2, 0.25) is 5.02 Å². The Labute approximate surface area is 150 Å². The second kappa shape index (κ2) is 8.58. The minimum atomic E-state index is -0.458. The van der Waals surface area contributed by atoms with Gasteiger partial charge in [0.1, 0.15) is 5.82 Å².